The van der Waals surface area contributed by atoms with Crippen molar-refractivity contribution in [1.29, 1.82) is 0 Å². The Labute approximate surface area is 113 Å². The van der Waals surface area contributed by atoms with Crippen LogP contribution in [-0.2, 0) is 10.0 Å². The number of nitro groups is 2. The topological polar surface area (TPSA) is 144 Å². The number of aliphatic hydroxyl groups excluding tert-OH is 1. The highest BCUT2D eigenvalue weighted by molar-refractivity contribution is 7.89. The van der Waals surface area contributed by atoms with E-state index < -0.39 is 43.7 Å². The molecule has 11 heteroatoms. The van der Waals surface area contributed by atoms with E-state index in [-0.39, 0.29) is 4.41 Å². The Bertz CT molecular complexity index is 643. The number of rotatable bonds is 6. The fraction of sp³-hybridized carbons (Fsp3) is 0.333. The summed E-state index contributed by atoms with van der Waals surface area (Å²) < 4.78 is 23.9. The second-order valence-electron chi connectivity index (χ2n) is 3.74. The summed E-state index contributed by atoms with van der Waals surface area (Å²) in [5.41, 5.74) is -0.319. The number of hydrazine groups is 1. The molecule has 0 aliphatic carbocycles. The molecule has 0 radical (unpaired) electrons. The van der Waals surface area contributed by atoms with Gasteiger partial charge in [-0.05, 0) is 23.0 Å². The van der Waals surface area contributed by atoms with E-state index in [2.05, 4.69) is 0 Å². The van der Waals surface area contributed by atoms with Crippen molar-refractivity contribution < 1.29 is 23.5 Å². The average Bonchev–Trinajstić information content (AvgIpc) is 2.34. The summed E-state index contributed by atoms with van der Waals surface area (Å²) in [5.74, 6) is 0. The smallest absolute Gasteiger partial charge is 0.320 e. The quantitative estimate of drug-likeness (QED) is 0.578. The number of nitrogens with zero attached hydrogens (tertiary/aromatic N) is 3. The van der Waals surface area contributed by atoms with Crippen LogP contribution in [0.25, 0.3) is 0 Å². The molecule has 0 saturated carbocycles. The molecule has 0 aromatic heterocycles. The molecule has 0 atom stereocenters. The van der Waals surface area contributed by atoms with E-state index in [1.165, 1.54) is 13.0 Å². The Morgan fingerprint density at radius 3 is 2.35 bits per heavy atom. The van der Waals surface area contributed by atoms with Gasteiger partial charge in [0.2, 0.25) is 0 Å². The van der Waals surface area contributed by atoms with Crippen LogP contribution in [0.1, 0.15) is 5.56 Å². The van der Waals surface area contributed by atoms with Crippen LogP contribution in [0, 0.1) is 27.2 Å². The summed E-state index contributed by atoms with van der Waals surface area (Å²) in [6, 6.07) is 3.22. The highest BCUT2D eigenvalue weighted by atomic mass is 32.2. The average molecular weight is 305 g/mol. The molecule has 1 rings (SSSR count). The molecule has 110 valence electrons. The maximum atomic E-state index is 12.1. The molecule has 1 aromatic carbocycles. The Morgan fingerprint density at radius 2 is 1.90 bits per heavy atom. The standard InChI is InChI=1S/C9H11N3O7S/c1-7-2-3-9(8(6-7)11(14)15)20(18,19)10(4-5-13)12(16)17/h2-3,6,13H,4-5H2,1H3. The Kier molecular flexibility index (Phi) is 4.57. The van der Waals surface area contributed by atoms with E-state index in [9.17, 15) is 28.6 Å². The third kappa shape index (κ3) is 3.00. The molecule has 0 bridgehead atoms. The summed E-state index contributed by atoms with van der Waals surface area (Å²) in [5, 5.41) is 29.0. The molecular formula is C9H11N3O7S. The number of nitro benzene ring substituents is 1. The number of benzene rings is 1. The molecule has 0 unspecified atom stereocenters. The predicted molar refractivity (Wildman–Crippen MR) is 65.8 cm³/mol. The van der Waals surface area contributed by atoms with E-state index in [1.54, 1.807) is 0 Å². The largest absolute Gasteiger partial charge is 0.394 e. The first-order valence-electron chi connectivity index (χ1n) is 5.24. The summed E-state index contributed by atoms with van der Waals surface area (Å²) in [6.07, 6.45) is 0. The van der Waals surface area contributed by atoms with E-state index in [1.807, 2.05) is 0 Å². The van der Waals surface area contributed by atoms with Crippen molar-refractivity contribution in [2.75, 3.05) is 13.2 Å². The Hall–Kier alpha value is -2.27. The van der Waals surface area contributed by atoms with E-state index in [0.717, 1.165) is 12.1 Å². The molecule has 10 nitrogen and oxygen atoms in total. The third-order valence-electron chi connectivity index (χ3n) is 2.34. The van der Waals surface area contributed by atoms with Gasteiger partial charge in [-0.15, -0.1) is 0 Å². The van der Waals surface area contributed by atoms with Crippen molar-refractivity contribution in [3.05, 3.63) is 44.0 Å². The first-order valence-corrected chi connectivity index (χ1v) is 6.68. The lowest BCUT2D eigenvalue weighted by atomic mass is 10.2. The van der Waals surface area contributed by atoms with Crippen molar-refractivity contribution in [3.63, 3.8) is 0 Å². The fourth-order valence-electron chi connectivity index (χ4n) is 1.48. The van der Waals surface area contributed by atoms with Gasteiger partial charge >= 0.3 is 10.0 Å². The zero-order valence-corrected chi connectivity index (χ0v) is 11.1. The van der Waals surface area contributed by atoms with Gasteiger partial charge in [-0.2, -0.15) is 8.42 Å². The Balaban J connectivity index is 3.49. The minimum Gasteiger partial charge on any atom is -0.394 e. The van der Waals surface area contributed by atoms with Crippen LogP contribution >= 0.6 is 0 Å². The zero-order chi connectivity index (χ0) is 15.5. The maximum Gasteiger partial charge on any atom is 0.320 e. The van der Waals surface area contributed by atoms with Crippen LogP contribution in [0.5, 0.6) is 0 Å². The van der Waals surface area contributed by atoms with Gasteiger partial charge in [0.1, 0.15) is 6.54 Å². The van der Waals surface area contributed by atoms with Crippen molar-refractivity contribution in [1.82, 2.24) is 4.41 Å². The number of hydrogen-bond donors (Lipinski definition) is 1. The van der Waals surface area contributed by atoms with Gasteiger partial charge in [0, 0.05) is 6.07 Å². The van der Waals surface area contributed by atoms with E-state index in [0.29, 0.717) is 5.56 Å². The monoisotopic (exact) mass is 305 g/mol. The highest BCUT2D eigenvalue weighted by Gasteiger charge is 2.37. The lowest BCUT2D eigenvalue weighted by Gasteiger charge is -2.13. The van der Waals surface area contributed by atoms with Gasteiger partial charge in [0.05, 0.1) is 11.5 Å². The highest BCUT2D eigenvalue weighted by Crippen LogP contribution is 2.27. The second-order valence-corrected chi connectivity index (χ2v) is 5.55. The van der Waals surface area contributed by atoms with Gasteiger partial charge < -0.3 is 5.11 Å². The van der Waals surface area contributed by atoms with E-state index in [4.69, 9.17) is 5.11 Å². The molecule has 1 aromatic rings. The van der Waals surface area contributed by atoms with E-state index >= 15 is 0 Å². The van der Waals surface area contributed by atoms with Crippen LogP contribution < -0.4 is 0 Å². The predicted octanol–water partition coefficient (Wildman–Crippen LogP) is 0.0779. The van der Waals surface area contributed by atoms with Crippen LogP contribution in [0.15, 0.2) is 23.1 Å². The van der Waals surface area contributed by atoms with Gasteiger partial charge in [0.25, 0.3) is 5.69 Å². The minimum atomic E-state index is -4.72. The van der Waals surface area contributed by atoms with Gasteiger partial charge in [-0.25, -0.2) is 10.1 Å². The molecule has 0 amide bonds. The lowest BCUT2D eigenvalue weighted by Crippen LogP contribution is -2.38. The van der Waals surface area contributed by atoms with Crippen molar-refractivity contribution in [2.45, 2.75) is 11.8 Å². The number of hydrogen-bond acceptors (Lipinski definition) is 7. The van der Waals surface area contributed by atoms with Gasteiger partial charge in [-0.3, -0.25) is 10.1 Å². The normalized spacial score (nSPS) is 11.1. The van der Waals surface area contributed by atoms with Crippen molar-refractivity contribution in [2.24, 2.45) is 0 Å². The number of aliphatic hydroxyl groups is 1. The lowest BCUT2D eigenvalue weighted by molar-refractivity contribution is -0.620. The zero-order valence-electron chi connectivity index (χ0n) is 10.3. The summed E-state index contributed by atoms with van der Waals surface area (Å²) in [4.78, 5) is 19.9. The fourth-order valence-corrected chi connectivity index (χ4v) is 2.84. The molecule has 20 heavy (non-hydrogen) atoms. The maximum absolute atomic E-state index is 12.1. The second kappa shape index (κ2) is 5.79. The van der Waals surface area contributed by atoms with Gasteiger partial charge in [-0.1, -0.05) is 6.07 Å². The van der Waals surface area contributed by atoms with Gasteiger partial charge in [0.15, 0.2) is 9.93 Å². The SMILES string of the molecule is Cc1ccc(S(=O)(=O)N(CCO)[N+](=O)[O-])c([N+](=O)[O-])c1. The molecule has 0 fully saturated rings. The van der Waals surface area contributed by atoms with Crippen LogP contribution in [0.2, 0.25) is 0 Å². The molecule has 0 aliphatic rings. The van der Waals surface area contributed by atoms with Crippen molar-refractivity contribution >= 4 is 15.7 Å². The van der Waals surface area contributed by atoms with Crippen LogP contribution in [0.3, 0.4) is 0 Å². The molecule has 0 aliphatic heterocycles. The summed E-state index contributed by atoms with van der Waals surface area (Å²) in [6.45, 7) is -0.0807. The third-order valence-corrected chi connectivity index (χ3v) is 4.11. The Morgan fingerprint density at radius 1 is 1.30 bits per heavy atom. The first kappa shape index (κ1) is 15.8. The molecule has 0 spiro atoms. The van der Waals surface area contributed by atoms with Crippen LogP contribution in [-0.4, -0.2) is 41.0 Å². The van der Waals surface area contributed by atoms with Crippen molar-refractivity contribution in [3.8, 4) is 0 Å². The van der Waals surface area contributed by atoms with Crippen LogP contribution in [0.4, 0.5) is 5.69 Å². The minimum absolute atomic E-state index is 0.231. The molecule has 1 N–H and O–H groups in total. The molecule has 0 saturated heterocycles. The summed E-state index contributed by atoms with van der Waals surface area (Å²) >= 11 is 0. The summed E-state index contributed by atoms with van der Waals surface area (Å²) in [7, 11) is -4.72. The first-order chi connectivity index (χ1) is 9.21. The number of sulfonamides is 1. The molecule has 0 heterocycles. The molecular weight excluding hydrogens is 294 g/mol. The number of aryl methyl sites for hydroxylation is 1.